The van der Waals surface area contributed by atoms with Crippen molar-refractivity contribution in [3.05, 3.63) is 12.2 Å². The third kappa shape index (κ3) is 8.73. The minimum Gasteiger partial charge on any atom is -0.478 e. The summed E-state index contributed by atoms with van der Waals surface area (Å²) in [4.78, 5) is 20.9. The van der Waals surface area contributed by atoms with Crippen LogP contribution in [0.15, 0.2) is 12.2 Å². The van der Waals surface area contributed by atoms with Crippen LogP contribution in [-0.4, -0.2) is 36.6 Å². The average molecular weight is 200 g/mol. The fourth-order valence-electron chi connectivity index (χ4n) is 0.782. The molecule has 0 heterocycles. The van der Waals surface area contributed by atoms with Gasteiger partial charge in [0.25, 0.3) is 0 Å². The van der Waals surface area contributed by atoms with E-state index in [1.807, 2.05) is 0 Å². The van der Waals surface area contributed by atoms with Crippen LogP contribution in [-0.2, 0) is 9.59 Å². The summed E-state index contributed by atoms with van der Waals surface area (Å²) in [7, 11) is 0. The molecule has 0 aliphatic heterocycles. The van der Waals surface area contributed by atoms with Crippen LogP contribution in [0.3, 0.4) is 0 Å². The maximum atomic E-state index is 10.9. The Hall–Kier alpha value is -1.36. The third-order valence-electron chi connectivity index (χ3n) is 1.41. The number of carbonyl (C=O) groups is 2. The molecule has 80 valence electrons. The summed E-state index contributed by atoms with van der Waals surface area (Å²) >= 11 is 0. The van der Waals surface area contributed by atoms with Gasteiger partial charge in [-0.3, -0.25) is 4.79 Å². The van der Waals surface area contributed by atoms with Crippen molar-refractivity contribution in [2.24, 2.45) is 0 Å². The number of carboxylic acid groups (broad SMARTS) is 1. The molecule has 0 saturated carbocycles. The highest BCUT2D eigenvalue weighted by atomic mass is 16.4. The molecule has 0 atom stereocenters. The van der Waals surface area contributed by atoms with Crippen molar-refractivity contribution >= 4 is 11.9 Å². The highest BCUT2D eigenvalue weighted by Crippen LogP contribution is 1.74. The van der Waals surface area contributed by atoms with Gasteiger partial charge in [-0.2, -0.15) is 0 Å². The van der Waals surface area contributed by atoms with Gasteiger partial charge in [0.05, 0.1) is 0 Å². The summed E-state index contributed by atoms with van der Waals surface area (Å²) in [6.07, 6.45) is 2.86. The van der Waals surface area contributed by atoms with Crippen LogP contribution in [0.2, 0.25) is 0 Å². The van der Waals surface area contributed by atoms with E-state index in [0.717, 1.165) is 25.1 Å². The number of hydrogen-bond donors (Lipinski definition) is 3. The highest BCUT2D eigenvalue weighted by molar-refractivity contribution is 5.93. The van der Waals surface area contributed by atoms with Crippen molar-refractivity contribution in [3.8, 4) is 0 Å². The molecule has 14 heavy (non-hydrogen) atoms. The topological polar surface area (TPSA) is 78.4 Å². The molecular formula is C9H16N2O3. The SMILES string of the molecule is CCCNCCNC(=O)/C=C/C(=O)O. The lowest BCUT2D eigenvalue weighted by atomic mass is 10.4. The number of amides is 1. The van der Waals surface area contributed by atoms with Crippen LogP contribution in [0.5, 0.6) is 0 Å². The van der Waals surface area contributed by atoms with Crippen LogP contribution in [0.4, 0.5) is 0 Å². The van der Waals surface area contributed by atoms with Crippen molar-refractivity contribution in [3.63, 3.8) is 0 Å². The molecular weight excluding hydrogens is 184 g/mol. The van der Waals surface area contributed by atoms with Gasteiger partial charge >= 0.3 is 5.97 Å². The predicted octanol–water partition coefficient (Wildman–Crippen LogP) is -0.257. The fraction of sp³-hybridized carbons (Fsp3) is 0.556. The van der Waals surface area contributed by atoms with Gasteiger partial charge in [0.15, 0.2) is 0 Å². The maximum absolute atomic E-state index is 10.9. The van der Waals surface area contributed by atoms with Gasteiger partial charge in [0, 0.05) is 25.2 Å². The van der Waals surface area contributed by atoms with E-state index in [0.29, 0.717) is 13.1 Å². The predicted molar refractivity (Wildman–Crippen MR) is 52.9 cm³/mol. The van der Waals surface area contributed by atoms with Crippen LogP contribution >= 0.6 is 0 Å². The van der Waals surface area contributed by atoms with Gasteiger partial charge in [0.2, 0.25) is 5.91 Å². The lowest BCUT2D eigenvalue weighted by Crippen LogP contribution is -2.31. The molecule has 0 bridgehead atoms. The first kappa shape index (κ1) is 12.6. The van der Waals surface area contributed by atoms with Gasteiger partial charge in [-0.15, -0.1) is 0 Å². The standard InChI is InChI=1S/C9H16N2O3/c1-2-5-10-6-7-11-8(12)3-4-9(13)14/h3-4,10H,2,5-7H2,1H3,(H,11,12)(H,13,14)/b4-3+. The molecule has 1 amide bonds. The van der Waals surface area contributed by atoms with Crippen molar-refractivity contribution in [1.29, 1.82) is 0 Å². The first-order chi connectivity index (χ1) is 6.66. The van der Waals surface area contributed by atoms with E-state index in [9.17, 15) is 9.59 Å². The molecule has 0 aromatic heterocycles. The molecule has 0 aromatic rings. The smallest absolute Gasteiger partial charge is 0.328 e. The van der Waals surface area contributed by atoms with E-state index >= 15 is 0 Å². The second-order valence-corrected chi connectivity index (χ2v) is 2.71. The average Bonchev–Trinajstić information content (AvgIpc) is 2.14. The molecule has 5 nitrogen and oxygen atoms in total. The molecule has 0 unspecified atom stereocenters. The number of nitrogens with one attached hydrogen (secondary N) is 2. The monoisotopic (exact) mass is 200 g/mol. The second kappa shape index (κ2) is 8.25. The first-order valence-electron chi connectivity index (χ1n) is 4.56. The van der Waals surface area contributed by atoms with E-state index in [2.05, 4.69) is 17.6 Å². The Kier molecular flexibility index (Phi) is 7.45. The number of aliphatic carboxylic acids is 1. The molecule has 0 aliphatic carbocycles. The normalized spacial score (nSPS) is 10.4. The van der Waals surface area contributed by atoms with Crippen molar-refractivity contribution in [1.82, 2.24) is 10.6 Å². The summed E-state index contributed by atoms with van der Waals surface area (Å²) in [6, 6.07) is 0. The Morgan fingerprint density at radius 1 is 1.21 bits per heavy atom. The third-order valence-corrected chi connectivity index (χ3v) is 1.41. The van der Waals surface area contributed by atoms with Gasteiger partial charge in [0.1, 0.15) is 0 Å². The molecule has 0 aromatic carbocycles. The minimum atomic E-state index is -1.12. The van der Waals surface area contributed by atoms with E-state index < -0.39 is 5.97 Å². The quantitative estimate of drug-likeness (QED) is 0.391. The largest absolute Gasteiger partial charge is 0.478 e. The lowest BCUT2D eigenvalue weighted by Gasteiger charge is -2.02. The van der Waals surface area contributed by atoms with Crippen LogP contribution < -0.4 is 10.6 Å². The molecule has 0 fully saturated rings. The van der Waals surface area contributed by atoms with E-state index in [1.165, 1.54) is 0 Å². The number of carboxylic acids is 1. The maximum Gasteiger partial charge on any atom is 0.328 e. The zero-order valence-electron chi connectivity index (χ0n) is 8.25. The van der Waals surface area contributed by atoms with Gasteiger partial charge in [-0.25, -0.2) is 4.79 Å². The molecule has 5 heteroatoms. The Morgan fingerprint density at radius 3 is 2.50 bits per heavy atom. The molecule has 0 spiro atoms. The Labute approximate surface area is 83.2 Å². The zero-order chi connectivity index (χ0) is 10.8. The Bertz CT molecular complexity index is 214. The van der Waals surface area contributed by atoms with Crippen molar-refractivity contribution in [2.45, 2.75) is 13.3 Å². The molecule has 0 saturated heterocycles. The van der Waals surface area contributed by atoms with E-state index in [-0.39, 0.29) is 5.91 Å². The molecule has 3 N–H and O–H groups in total. The van der Waals surface area contributed by atoms with Gasteiger partial charge in [-0.1, -0.05) is 6.92 Å². The number of rotatable bonds is 7. The van der Waals surface area contributed by atoms with E-state index in [1.54, 1.807) is 0 Å². The van der Waals surface area contributed by atoms with Gasteiger partial charge < -0.3 is 15.7 Å². The zero-order valence-corrected chi connectivity index (χ0v) is 8.25. The summed E-state index contributed by atoms with van der Waals surface area (Å²) in [5.74, 6) is -1.50. The first-order valence-corrected chi connectivity index (χ1v) is 4.56. The summed E-state index contributed by atoms with van der Waals surface area (Å²) in [5, 5.41) is 13.9. The van der Waals surface area contributed by atoms with Crippen LogP contribution in [0, 0.1) is 0 Å². The van der Waals surface area contributed by atoms with Crippen LogP contribution in [0.1, 0.15) is 13.3 Å². The lowest BCUT2D eigenvalue weighted by molar-refractivity contribution is -0.131. The van der Waals surface area contributed by atoms with E-state index in [4.69, 9.17) is 5.11 Å². The summed E-state index contributed by atoms with van der Waals surface area (Å²) in [6.45, 7) is 4.17. The number of carbonyl (C=O) groups excluding carboxylic acids is 1. The summed E-state index contributed by atoms with van der Waals surface area (Å²) in [5.41, 5.74) is 0. The molecule has 0 aliphatic rings. The van der Waals surface area contributed by atoms with Crippen molar-refractivity contribution in [2.75, 3.05) is 19.6 Å². The minimum absolute atomic E-state index is 0.384. The second-order valence-electron chi connectivity index (χ2n) is 2.71. The fourth-order valence-corrected chi connectivity index (χ4v) is 0.782. The number of hydrogen-bond acceptors (Lipinski definition) is 3. The summed E-state index contributed by atoms with van der Waals surface area (Å²) < 4.78 is 0. The highest BCUT2D eigenvalue weighted by Gasteiger charge is 1.94. The molecule has 0 rings (SSSR count). The Morgan fingerprint density at radius 2 is 1.93 bits per heavy atom. The van der Waals surface area contributed by atoms with Gasteiger partial charge in [-0.05, 0) is 13.0 Å². The Balaban J connectivity index is 3.40. The van der Waals surface area contributed by atoms with Crippen molar-refractivity contribution < 1.29 is 14.7 Å². The molecule has 0 radical (unpaired) electrons. The van der Waals surface area contributed by atoms with Crippen LogP contribution in [0.25, 0.3) is 0 Å².